The van der Waals surface area contributed by atoms with E-state index in [1.807, 2.05) is 48.0 Å². The molecule has 1 aliphatic rings. The number of rotatable bonds is 5. The van der Waals surface area contributed by atoms with Crippen LogP contribution in [0.1, 0.15) is 23.7 Å². The van der Waals surface area contributed by atoms with Crippen molar-refractivity contribution in [3.05, 3.63) is 71.2 Å². The molecule has 2 heterocycles. The van der Waals surface area contributed by atoms with E-state index < -0.39 is 0 Å². The molecule has 0 unspecified atom stereocenters. The number of benzene rings is 2. The fraction of sp³-hybridized carbons (Fsp3) is 0.250. The van der Waals surface area contributed by atoms with Gasteiger partial charge in [0.25, 0.3) is 0 Å². The first kappa shape index (κ1) is 15.7. The monoisotopic (exact) mass is 337 g/mol. The Hall–Kier alpha value is -2.82. The average Bonchev–Trinajstić information content (AvgIpc) is 3.22. The minimum Gasteiger partial charge on any atom is -0.492 e. The molecule has 0 fully saturated rings. The Morgan fingerprint density at radius 1 is 1.16 bits per heavy atom. The zero-order valence-electron chi connectivity index (χ0n) is 14.1. The Labute approximate surface area is 146 Å². The van der Waals surface area contributed by atoms with E-state index >= 15 is 0 Å². The fourth-order valence-corrected chi connectivity index (χ4v) is 3.29. The van der Waals surface area contributed by atoms with Gasteiger partial charge in [0.1, 0.15) is 23.1 Å². The Morgan fingerprint density at radius 3 is 2.80 bits per heavy atom. The maximum absolute atomic E-state index is 14.1. The molecule has 5 heteroatoms. The molecule has 3 aromatic rings. The number of nitrogens with zero attached hydrogens (tertiary/aromatic N) is 2. The highest BCUT2D eigenvalue weighted by Gasteiger charge is 2.24. The molecule has 1 N–H and O–H groups in total. The number of nitrogens with one attached hydrogen (secondary N) is 1. The van der Waals surface area contributed by atoms with Crippen LogP contribution in [0.2, 0.25) is 0 Å². The maximum atomic E-state index is 14.1. The fourth-order valence-electron chi connectivity index (χ4n) is 3.29. The molecule has 0 spiro atoms. The van der Waals surface area contributed by atoms with Crippen molar-refractivity contribution >= 4 is 5.82 Å². The molecule has 4 rings (SSSR count). The largest absolute Gasteiger partial charge is 0.492 e. The molecule has 0 amide bonds. The third-order valence-electron chi connectivity index (χ3n) is 4.44. The van der Waals surface area contributed by atoms with Crippen molar-refractivity contribution in [3.8, 4) is 11.4 Å². The second-order valence-corrected chi connectivity index (χ2v) is 6.03. The van der Waals surface area contributed by atoms with Gasteiger partial charge in [0.2, 0.25) is 0 Å². The molecular formula is C20H20FN3O. The third kappa shape index (κ3) is 2.86. The van der Waals surface area contributed by atoms with Crippen LogP contribution >= 0.6 is 0 Å². The number of ether oxygens (including phenoxy) is 1. The summed E-state index contributed by atoms with van der Waals surface area (Å²) in [7, 11) is 0. The van der Waals surface area contributed by atoms with Gasteiger partial charge in [0, 0.05) is 18.5 Å². The normalized spacial score (nSPS) is 12.7. The summed E-state index contributed by atoms with van der Waals surface area (Å²) in [5.74, 6) is 1.59. The Balaban J connectivity index is 1.78. The summed E-state index contributed by atoms with van der Waals surface area (Å²) in [5, 5.41) is 8.20. The minimum atomic E-state index is -0.188. The van der Waals surface area contributed by atoms with E-state index in [2.05, 4.69) is 5.32 Å². The molecule has 1 aliphatic heterocycles. The van der Waals surface area contributed by atoms with Gasteiger partial charge in [-0.15, -0.1) is 0 Å². The van der Waals surface area contributed by atoms with Gasteiger partial charge in [-0.2, -0.15) is 5.10 Å². The number of anilines is 1. The highest BCUT2D eigenvalue weighted by molar-refractivity contribution is 5.60. The van der Waals surface area contributed by atoms with Crippen molar-refractivity contribution in [1.29, 1.82) is 0 Å². The van der Waals surface area contributed by atoms with Crippen LogP contribution in [-0.4, -0.2) is 22.9 Å². The Bertz CT molecular complexity index is 904. The lowest BCUT2D eigenvalue weighted by Crippen LogP contribution is -2.07. The van der Waals surface area contributed by atoms with Crippen LogP contribution in [0.25, 0.3) is 5.69 Å². The SMILES string of the molecule is CCOc1ccccc1-n1nc(Cc2ccccc2F)c2c1NCC2. The summed E-state index contributed by atoms with van der Waals surface area (Å²) < 4.78 is 21.7. The van der Waals surface area contributed by atoms with Crippen molar-refractivity contribution in [2.75, 3.05) is 18.5 Å². The summed E-state index contributed by atoms with van der Waals surface area (Å²) in [4.78, 5) is 0. The number of hydrogen-bond acceptors (Lipinski definition) is 3. The van der Waals surface area contributed by atoms with Crippen molar-refractivity contribution in [3.63, 3.8) is 0 Å². The zero-order chi connectivity index (χ0) is 17.2. The van der Waals surface area contributed by atoms with Gasteiger partial charge in [0.05, 0.1) is 12.3 Å². The highest BCUT2D eigenvalue weighted by Crippen LogP contribution is 2.33. The van der Waals surface area contributed by atoms with Crippen LogP contribution in [0.3, 0.4) is 0 Å². The maximum Gasteiger partial charge on any atom is 0.145 e. The summed E-state index contributed by atoms with van der Waals surface area (Å²) >= 11 is 0. The zero-order valence-corrected chi connectivity index (χ0v) is 14.1. The Kier molecular flexibility index (Phi) is 4.14. The lowest BCUT2D eigenvalue weighted by atomic mass is 10.1. The Morgan fingerprint density at radius 2 is 1.96 bits per heavy atom. The first-order valence-electron chi connectivity index (χ1n) is 8.58. The van der Waals surface area contributed by atoms with Gasteiger partial charge >= 0.3 is 0 Å². The van der Waals surface area contributed by atoms with Crippen LogP contribution in [-0.2, 0) is 12.8 Å². The topological polar surface area (TPSA) is 39.1 Å². The minimum absolute atomic E-state index is 0.188. The lowest BCUT2D eigenvalue weighted by Gasteiger charge is -2.12. The summed E-state index contributed by atoms with van der Waals surface area (Å²) in [6, 6.07) is 14.7. The molecule has 0 saturated heterocycles. The lowest BCUT2D eigenvalue weighted by molar-refractivity contribution is 0.338. The standard InChI is InChI=1S/C20H20FN3O/c1-2-25-19-10-6-5-9-18(19)24-20-15(11-12-22-20)17(23-24)13-14-7-3-4-8-16(14)21/h3-10,22H,2,11-13H2,1H3. The number of para-hydroxylation sites is 2. The van der Waals surface area contributed by atoms with E-state index in [4.69, 9.17) is 9.84 Å². The molecule has 0 bridgehead atoms. The van der Waals surface area contributed by atoms with Gasteiger partial charge in [-0.1, -0.05) is 30.3 Å². The van der Waals surface area contributed by atoms with Crippen LogP contribution in [0, 0.1) is 5.82 Å². The molecule has 4 nitrogen and oxygen atoms in total. The van der Waals surface area contributed by atoms with Crippen molar-refractivity contribution in [2.24, 2.45) is 0 Å². The van der Waals surface area contributed by atoms with E-state index in [0.717, 1.165) is 41.5 Å². The van der Waals surface area contributed by atoms with Crippen molar-refractivity contribution in [1.82, 2.24) is 9.78 Å². The van der Waals surface area contributed by atoms with E-state index in [0.29, 0.717) is 18.6 Å². The predicted molar refractivity (Wildman–Crippen MR) is 96.1 cm³/mol. The van der Waals surface area contributed by atoms with Crippen molar-refractivity contribution in [2.45, 2.75) is 19.8 Å². The smallest absolute Gasteiger partial charge is 0.145 e. The molecule has 2 aromatic carbocycles. The first-order valence-corrected chi connectivity index (χ1v) is 8.58. The van der Waals surface area contributed by atoms with Gasteiger partial charge in [-0.05, 0) is 37.1 Å². The number of fused-ring (bicyclic) bond motifs is 1. The van der Waals surface area contributed by atoms with E-state index in [1.165, 1.54) is 6.07 Å². The quantitative estimate of drug-likeness (QED) is 0.766. The molecule has 0 atom stereocenters. The summed E-state index contributed by atoms with van der Waals surface area (Å²) in [6.07, 6.45) is 1.39. The molecule has 1 aromatic heterocycles. The molecule has 0 aliphatic carbocycles. The molecule has 0 radical (unpaired) electrons. The average molecular weight is 337 g/mol. The van der Waals surface area contributed by atoms with Crippen LogP contribution in [0.4, 0.5) is 10.2 Å². The molecular weight excluding hydrogens is 317 g/mol. The van der Waals surface area contributed by atoms with E-state index in [-0.39, 0.29) is 5.82 Å². The first-order chi connectivity index (χ1) is 12.3. The third-order valence-corrected chi connectivity index (χ3v) is 4.44. The van der Waals surface area contributed by atoms with Crippen LogP contribution in [0.5, 0.6) is 5.75 Å². The summed E-state index contributed by atoms with van der Waals surface area (Å²) in [6.45, 7) is 3.43. The number of aromatic nitrogens is 2. The van der Waals surface area contributed by atoms with Gasteiger partial charge < -0.3 is 10.1 Å². The second kappa shape index (κ2) is 6.59. The highest BCUT2D eigenvalue weighted by atomic mass is 19.1. The number of hydrogen-bond donors (Lipinski definition) is 1. The molecule has 128 valence electrons. The van der Waals surface area contributed by atoms with Gasteiger partial charge in [-0.25, -0.2) is 9.07 Å². The van der Waals surface area contributed by atoms with Gasteiger partial charge in [0.15, 0.2) is 0 Å². The van der Waals surface area contributed by atoms with Crippen LogP contribution in [0.15, 0.2) is 48.5 Å². The summed E-state index contributed by atoms with van der Waals surface area (Å²) in [5.41, 5.74) is 3.64. The van der Waals surface area contributed by atoms with Crippen molar-refractivity contribution < 1.29 is 9.13 Å². The van der Waals surface area contributed by atoms with E-state index in [9.17, 15) is 4.39 Å². The van der Waals surface area contributed by atoms with Gasteiger partial charge in [-0.3, -0.25) is 0 Å². The molecule has 0 saturated carbocycles. The van der Waals surface area contributed by atoms with Crippen LogP contribution < -0.4 is 10.1 Å². The second-order valence-electron chi connectivity index (χ2n) is 6.03. The predicted octanol–water partition coefficient (Wildman–Crippen LogP) is 3.97. The molecule has 25 heavy (non-hydrogen) atoms. The number of halogens is 1. The van der Waals surface area contributed by atoms with E-state index in [1.54, 1.807) is 6.07 Å².